The van der Waals surface area contributed by atoms with Crippen LogP contribution in [0, 0.1) is 5.82 Å². The van der Waals surface area contributed by atoms with Crippen molar-refractivity contribution in [2.75, 3.05) is 10.6 Å². The van der Waals surface area contributed by atoms with E-state index in [2.05, 4.69) is 16.0 Å². The number of carbonyl (C=O) groups excluding carboxylic acids is 3. The Morgan fingerprint density at radius 1 is 0.911 bits per heavy atom. The average molecular weight is 648 g/mol. The smallest absolute Gasteiger partial charge is 0.339 e. The quantitative estimate of drug-likeness (QED) is 0.0684. The predicted molar refractivity (Wildman–Crippen MR) is 172 cm³/mol. The van der Waals surface area contributed by atoms with Gasteiger partial charge >= 0.3 is 5.97 Å². The van der Waals surface area contributed by atoms with E-state index in [1.165, 1.54) is 48.2 Å². The fourth-order valence-corrected chi connectivity index (χ4v) is 5.31. The van der Waals surface area contributed by atoms with Crippen molar-refractivity contribution < 1.29 is 33.8 Å². The number of aromatic hydroxyl groups is 1. The van der Waals surface area contributed by atoms with Crippen LogP contribution in [0.2, 0.25) is 5.02 Å². The van der Waals surface area contributed by atoms with Gasteiger partial charge in [-0.25, -0.2) is 9.18 Å². The number of carbonyl (C=O) groups is 4. The Bertz CT molecular complexity index is 1760. The Morgan fingerprint density at radius 2 is 1.62 bits per heavy atom. The molecule has 12 heteroatoms. The van der Waals surface area contributed by atoms with Crippen molar-refractivity contribution in [3.63, 3.8) is 0 Å². The number of amides is 3. The van der Waals surface area contributed by atoms with E-state index in [0.717, 1.165) is 6.08 Å². The van der Waals surface area contributed by atoms with Gasteiger partial charge in [-0.2, -0.15) is 0 Å². The fraction of sp³-hybridized carbons (Fsp3) is 0.0909. The number of thioether (sulfide) groups is 1. The summed E-state index contributed by atoms with van der Waals surface area (Å²) in [5.74, 6) is -4.17. The van der Waals surface area contributed by atoms with E-state index in [1.807, 2.05) is 6.92 Å². The summed E-state index contributed by atoms with van der Waals surface area (Å²) in [6, 6.07) is 22.6. The summed E-state index contributed by atoms with van der Waals surface area (Å²) in [6.07, 6.45) is 1.57. The van der Waals surface area contributed by atoms with Crippen LogP contribution in [0.15, 0.2) is 102 Å². The first-order chi connectivity index (χ1) is 21.5. The fourth-order valence-electron chi connectivity index (χ4n) is 4.08. The summed E-state index contributed by atoms with van der Waals surface area (Å²) < 4.78 is 14.6. The first kappa shape index (κ1) is 32.8. The van der Waals surface area contributed by atoms with E-state index >= 15 is 0 Å². The highest BCUT2D eigenvalue weighted by Crippen LogP contribution is 2.30. The minimum atomic E-state index is -1.33. The van der Waals surface area contributed by atoms with E-state index in [-0.39, 0.29) is 33.1 Å². The van der Waals surface area contributed by atoms with Crippen molar-refractivity contribution in [3.8, 4) is 5.75 Å². The number of benzene rings is 4. The zero-order valence-corrected chi connectivity index (χ0v) is 25.3. The van der Waals surface area contributed by atoms with Gasteiger partial charge in [0.05, 0.1) is 10.3 Å². The standard InChI is InChI=1S/C33H27ClFN3O6S/c1-2-29(32(42)37-21-14-15-28(39)24(17-21)33(43)44)45-22-11-6-10-20(16-22)36-31(41)27(18-23-25(34)12-7-13-26(23)35)38-30(40)19-8-4-3-5-9-19/h3-18,29,39H,2H2,1H3,(H,36,41)(H,37,42)(H,38,40)(H,43,44)/b27-18+. The molecule has 1 atom stereocenters. The number of rotatable bonds is 11. The number of aromatic carboxylic acids is 1. The van der Waals surface area contributed by atoms with Crippen molar-refractivity contribution >= 4 is 64.5 Å². The molecule has 230 valence electrons. The van der Waals surface area contributed by atoms with E-state index in [0.29, 0.717) is 17.0 Å². The van der Waals surface area contributed by atoms with E-state index < -0.39 is 40.5 Å². The second kappa shape index (κ2) is 15.0. The molecule has 45 heavy (non-hydrogen) atoms. The third kappa shape index (κ3) is 8.71. The molecule has 0 heterocycles. The number of hydrogen-bond acceptors (Lipinski definition) is 6. The van der Waals surface area contributed by atoms with Crippen molar-refractivity contribution in [3.05, 3.63) is 124 Å². The van der Waals surface area contributed by atoms with E-state index in [1.54, 1.807) is 54.6 Å². The predicted octanol–water partition coefficient (Wildman–Crippen LogP) is 6.80. The molecular weight excluding hydrogens is 621 g/mol. The average Bonchev–Trinajstić information content (AvgIpc) is 3.02. The Kier molecular flexibility index (Phi) is 11.0. The summed E-state index contributed by atoms with van der Waals surface area (Å²) in [4.78, 5) is 51.3. The molecule has 0 aliphatic rings. The maximum Gasteiger partial charge on any atom is 0.339 e. The van der Waals surface area contributed by atoms with Gasteiger partial charge in [-0.3, -0.25) is 14.4 Å². The third-order valence-electron chi connectivity index (χ3n) is 6.35. The minimum absolute atomic E-state index is 0.0445. The molecule has 0 aliphatic carbocycles. The molecule has 0 aromatic heterocycles. The molecule has 3 amide bonds. The monoisotopic (exact) mass is 647 g/mol. The van der Waals surface area contributed by atoms with Crippen LogP contribution in [0.25, 0.3) is 6.08 Å². The van der Waals surface area contributed by atoms with Crippen LogP contribution in [-0.2, 0) is 9.59 Å². The second-order valence-corrected chi connectivity index (χ2v) is 11.2. The van der Waals surface area contributed by atoms with Gasteiger partial charge < -0.3 is 26.2 Å². The highest BCUT2D eigenvalue weighted by Gasteiger charge is 2.21. The number of halogens is 2. The lowest BCUT2D eigenvalue weighted by Crippen LogP contribution is -2.30. The topological polar surface area (TPSA) is 145 Å². The molecule has 0 bridgehead atoms. The lowest BCUT2D eigenvalue weighted by molar-refractivity contribution is -0.116. The Morgan fingerprint density at radius 3 is 2.31 bits per heavy atom. The molecule has 4 aromatic carbocycles. The van der Waals surface area contributed by atoms with Gasteiger partial charge in [0.25, 0.3) is 11.8 Å². The van der Waals surface area contributed by atoms with Crippen molar-refractivity contribution in [1.29, 1.82) is 0 Å². The summed E-state index contributed by atoms with van der Waals surface area (Å²) in [5.41, 5.74) is 0.149. The van der Waals surface area contributed by atoms with Gasteiger partial charge in [0.1, 0.15) is 22.8 Å². The Balaban J connectivity index is 1.52. The van der Waals surface area contributed by atoms with Gasteiger partial charge in [-0.05, 0) is 73.2 Å². The van der Waals surface area contributed by atoms with Crippen LogP contribution in [0.5, 0.6) is 5.75 Å². The number of anilines is 2. The van der Waals surface area contributed by atoms with E-state index in [9.17, 15) is 33.8 Å². The molecular formula is C33H27ClFN3O6S. The maximum absolute atomic E-state index is 14.6. The molecule has 5 N–H and O–H groups in total. The summed E-state index contributed by atoms with van der Waals surface area (Å²) in [6.45, 7) is 1.81. The molecule has 4 rings (SSSR count). The van der Waals surface area contributed by atoms with Crippen LogP contribution < -0.4 is 16.0 Å². The number of hydrogen-bond donors (Lipinski definition) is 5. The molecule has 0 radical (unpaired) electrons. The van der Waals surface area contributed by atoms with Crippen LogP contribution in [0.1, 0.15) is 39.6 Å². The molecule has 0 aliphatic heterocycles. The van der Waals surface area contributed by atoms with Gasteiger partial charge in [-0.1, -0.05) is 48.9 Å². The first-order valence-electron chi connectivity index (χ1n) is 13.5. The zero-order chi connectivity index (χ0) is 32.5. The van der Waals surface area contributed by atoms with Gasteiger partial charge in [0.15, 0.2) is 0 Å². The highest BCUT2D eigenvalue weighted by atomic mass is 35.5. The molecule has 4 aromatic rings. The van der Waals surface area contributed by atoms with Gasteiger partial charge in [-0.15, -0.1) is 11.8 Å². The van der Waals surface area contributed by atoms with Crippen LogP contribution >= 0.6 is 23.4 Å². The van der Waals surface area contributed by atoms with Gasteiger partial charge in [0.2, 0.25) is 5.91 Å². The lowest BCUT2D eigenvalue weighted by atomic mass is 10.1. The van der Waals surface area contributed by atoms with Crippen molar-refractivity contribution in [2.24, 2.45) is 0 Å². The number of phenols is 1. The molecule has 1 unspecified atom stereocenters. The van der Waals surface area contributed by atoms with Gasteiger partial charge in [0, 0.05) is 27.4 Å². The Labute approximate surface area is 267 Å². The number of carboxylic acids is 1. The summed E-state index contributed by atoms with van der Waals surface area (Å²) in [7, 11) is 0. The largest absolute Gasteiger partial charge is 0.507 e. The van der Waals surface area contributed by atoms with E-state index in [4.69, 9.17) is 11.6 Å². The molecule has 0 fully saturated rings. The molecule has 0 spiro atoms. The number of nitrogens with one attached hydrogen (secondary N) is 3. The highest BCUT2D eigenvalue weighted by molar-refractivity contribution is 8.00. The molecule has 9 nitrogen and oxygen atoms in total. The second-order valence-electron chi connectivity index (χ2n) is 9.54. The lowest BCUT2D eigenvalue weighted by Gasteiger charge is -2.16. The van der Waals surface area contributed by atoms with Crippen LogP contribution in [-0.4, -0.2) is 39.2 Å². The normalized spacial score (nSPS) is 11.8. The summed E-state index contributed by atoms with van der Waals surface area (Å²) >= 11 is 7.39. The SMILES string of the molecule is CCC(Sc1cccc(NC(=O)/C(=C\c2c(F)cccc2Cl)NC(=O)c2ccccc2)c1)C(=O)Nc1ccc(O)c(C(=O)O)c1. The Hall–Kier alpha value is -5.13. The summed E-state index contributed by atoms with van der Waals surface area (Å²) in [5, 5.41) is 26.3. The van der Waals surface area contributed by atoms with Crippen LogP contribution in [0.4, 0.5) is 15.8 Å². The maximum atomic E-state index is 14.6. The van der Waals surface area contributed by atoms with Crippen molar-refractivity contribution in [1.82, 2.24) is 5.32 Å². The zero-order valence-electron chi connectivity index (χ0n) is 23.7. The van der Waals surface area contributed by atoms with Crippen molar-refractivity contribution in [2.45, 2.75) is 23.5 Å². The first-order valence-corrected chi connectivity index (χ1v) is 14.8. The minimum Gasteiger partial charge on any atom is -0.507 e. The molecule has 0 saturated heterocycles. The van der Waals surface area contributed by atoms with Crippen LogP contribution in [0.3, 0.4) is 0 Å². The molecule has 0 saturated carbocycles. The number of carboxylic acid groups (broad SMARTS) is 1. The third-order valence-corrected chi connectivity index (χ3v) is 8.03.